The van der Waals surface area contributed by atoms with Crippen molar-refractivity contribution in [2.45, 2.75) is 38.6 Å². The maximum atomic E-state index is 3.65. The van der Waals surface area contributed by atoms with Crippen molar-refractivity contribution < 1.29 is 0 Å². The quantitative estimate of drug-likeness (QED) is 0.868. The Bertz CT molecular complexity index is 331. The molecule has 1 saturated carbocycles. The summed E-state index contributed by atoms with van der Waals surface area (Å²) in [6.45, 7) is 3.41. The Hall–Kier alpha value is -0.340. The molecule has 0 bridgehead atoms. The Morgan fingerprint density at radius 3 is 2.69 bits per heavy atom. The number of halogens is 1. The topological polar surface area (TPSA) is 12.0 Å². The number of hydrogen-bond acceptors (Lipinski definition) is 1. The molecule has 1 unspecified atom stereocenters. The minimum atomic E-state index is 0.441. The first kappa shape index (κ1) is 12.1. The van der Waals surface area contributed by atoms with Crippen LogP contribution < -0.4 is 5.32 Å². The molecule has 0 amide bonds. The third-order valence-corrected chi connectivity index (χ3v) is 4.28. The molecular weight excluding hydrogens is 262 g/mol. The number of nitrogens with one attached hydrogen (secondary N) is 1. The van der Waals surface area contributed by atoms with Crippen molar-refractivity contribution in [3.05, 3.63) is 34.3 Å². The van der Waals surface area contributed by atoms with E-state index < -0.39 is 0 Å². The fraction of sp³-hybridized carbons (Fsp3) is 0.571. The SMILES string of the molecule is CC(NCC1CCCC1)c1ccccc1Br. The molecule has 1 nitrogen and oxygen atoms in total. The Labute approximate surface area is 107 Å². The maximum absolute atomic E-state index is 3.65. The number of benzene rings is 1. The molecule has 0 radical (unpaired) electrons. The maximum Gasteiger partial charge on any atom is 0.0303 e. The molecule has 0 saturated heterocycles. The van der Waals surface area contributed by atoms with E-state index >= 15 is 0 Å². The smallest absolute Gasteiger partial charge is 0.0303 e. The van der Waals surface area contributed by atoms with Crippen LogP contribution in [0.2, 0.25) is 0 Å². The highest BCUT2D eigenvalue weighted by molar-refractivity contribution is 9.10. The molecule has 1 aromatic rings. The third kappa shape index (κ3) is 3.08. The molecule has 1 aromatic carbocycles. The lowest BCUT2D eigenvalue weighted by molar-refractivity contribution is 0.452. The van der Waals surface area contributed by atoms with Crippen LogP contribution in [-0.2, 0) is 0 Å². The molecule has 1 aliphatic carbocycles. The molecule has 0 heterocycles. The van der Waals surface area contributed by atoms with Gasteiger partial charge in [0, 0.05) is 10.5 Å². The zero-order valence-corrected chi connectivity index (χ0v) is 11.5. The molecule has 2 rings (SSSR count). The molecule has 88 valence electrons. The number of rotatable bonds is 4. The van der Waals surface area contributed by atoms with Gasteiger partial charge in [0.05, 0.1) is 0 Å². The van der Waals surface area contributed by atoms with Gasteiger partial charge in [0.2, 0.25) is 0 Å². The van der Waals surface area contributed by atoms with Gasteiger partial charge in [-0.15, -0.1) is 0 Å². The molecule has 2 heteroatoms. The van der Waals surface area contributed by atoms with Crippen molar-refractivity contribution in [2.75, 3.05) is 6.54 Å². The van der Waals surface area contributed by atoms with Crippen LogP contribution in [-0.4, -0.2) is 6.54 Å². The van der Waals surface area contributed by atoms with Crippen molar-refractivity contribution in [2.24, 2.45) is 5.92 Å². The lowest BCUT2D eigenvalue weighted by atomic mass is 10.1. The summed E-state index contributed by atoms with van der Waals surface area (Å²) in [5, 5.41) is 3.65. The van der Waals surface area contributed by atoms with Gasteiger partial charge < -0.3 is 5.32 Å². The van der Waals surface area contributed by atoms with E-state index in [0.29, 0.717) is 6.04 Å². The van der Waals surface area contributed by atoms with E-state index in [2.05, 4.69) is 52.4 Å². The Balaban J connectivity index is 1.87. The summed E-state index contributed by atoms with van der Waals surface area (Å²) < 4.78 is 1.21. The molecule has 1 aliphatic rings. The predicted octanol–water partition coefficient (Wildman–Crippen LogP) is 4.29. The van der Waals surface area contributed by atoms with E-state index in [9.17, 15) is 0 Å². The van der Waals surface area contributed by atoms with Gasteiger partial charge in [0.25, 0.3) is 0 Å². The average Bonchev–Trinajstić information content (AvgIpc) is 2.79. The lowest BCUT2D eigenvalue weighted by Gasteiger charge is -2.18. The standard InChI is InChI=1S/C14H20BrN/c1-11(13-8-4-5-9-14(13)15)16-10-12-6-2-3-7-12/h4-5,8-9,11-12,16H,2-3,6-7,10H2,1H3. The van der Waals surface area contributed by atoms with Gasteiger partial charge in [-0.05, 0) is 43.9 Å². The van der Waals surface area contributed by atoms with E-state index in [4.69, 9.17) is 0 Å². The second kappa shape index (κ2) is 5.83. The fourth-order valence-electron chi connectivity index (χ4n) is 2.49. The fourth-order valence-corrected chi connectivity index (χ4v) is 3.12. The zero-order chi connectivity index (χ0) is 11.4. The van der Waals surface area contributed by atoms with Gasteiger partial charge in [0.1, 0.15) is 0 Å². The second-order valence-corrected chi connectivity index (χ2v) is 5.66. The van der Waals surface area contributed by atoms with E-state index in [-0.39, 0.29) is 0 Å². The highest BCUT2D eigenvalue weighted by Crippen LogP contribution is 2.26. The van der Waals surface area contributed by atoms with E-state index in [0.717, 1.165) is 5.92 Å². The van der Waals surface area contributed by atoms with Gasteiger partial charge in [-0.1, -0.05) is 47.0 Å². The molecule has 1 fully saturated rings. The van der Waals surface area contributed by atoms with Crippen molar-refractivity contribution in [1.82, 2.24) is 5.32 Å². The molecular formula is C14H20BrN. The predicted molar refractivity (Wildman–Crippen MR) is 72.5 cm³/mol. The van der Waals surface area contributed by atoms with Crippen molar-refractivity contribution in [1.29, 1.82) is 0 Å². The highest BCUT2D eigenvalue weighted by Gasteiger charge is 2.16. The summed E-state index contributed by atoms with van der Waals surface area (Å²) in [6.07, 6.45) is 5.68. The van der Waals surface area contributed by atoms with Crippen LogP contribution in [0.3, 0.4) is 0 Å². The summed E-state index contributed by atoms with van der Waals surface area (Å²) in [6, 6.07) is 8.92. The normalized spacial score (nSPS) is 18.9. The van der Waals surface area contributed by atoms with Crippen LogP contribution in [0.4, 0.5) is 0 Å². The summed E-state index contributed by atoms with van der Waals surface area (Å²) in [5.74, 6) is 0.907. The van der Waals surface area contributed by atoms with Crippen LogP contribution in [0.1, 0.15) is 44.2 Å². The molecule has 16 heavy (non-hydrogen) atoms. The minimum absolute atomic E-state index is 0.441. The molecule has 1 atom stereocenters. The monoisotopic (exact) mass is 281 g/mol. The third-order valence-electron chi connectivity index (χ3n) is 3.56. The average molecular weight is 282 g/mol. The van der Waals surface area contributed by atoms with Crippen LogP contribution in [0, 0.1) is 5.92 Å². The van der Waals surface area contributed by atoms with E-state index in [1.54, 1.807) is 0 Å². The summed E-state index contributed by atoms with van der Waals surface area (Å²) in [4.78, 5) is 0. The second-order valence-electron chi connectivity index (χ2n) is 4.80. The first-order valence-corrected chi connectivity index (χ1v) is 7.04. The van der Waals surface area contributed by atoms with Crippen molar-refractivity contribution >= 4 is 15.9 Å². The zero-order valence-electron chi connectivity index (χ0n) is 9.88. The highest BCUT2D eigenvalue weighted by atomic mass is 79.9. The van der Waals surface area contributed by atoms with Crippen LogP contribution in [0.5, 0.6) is 0 Å². The first-order chi connectivity index (χ1) is 7.77. The van der Waals surface area contributed by atoms with Crippen molar-refractivity contribution in [3.63, 3.8) is 0 Å². The summed E-state index contributed by atoms with van der Waals surface area (Å²) >= 11 is 3.61. The Kier molecular flexibility index (Phi) is 4.42. The molecule has 0 aliphatic heterocycles. The van der Waals surface area contributed by atoms with Gasteiger partial charge in [-0.25, -0.2) is 0 Å². The van der Waals surface area contributed by atoms with Crippen LogP contribution in [0.25, 0.3) is 0 Å². The summed E-state index contributed by atoms with van der Waals surface area (Å²) in [5.41, 5.74) is 1.36. The largest absolute Gasteiger partial charge is 0.310 e. The lowest BCUT2D eigenvalue weighted by Crippen LogP contribution is -2.24. The first-order valence-electron chi connectivity index (χ1n) is 6.25. The van der Waals surface area contributed by atoms with Crippen LogP contribution >= 0.6 is 15.9 Å². The van der Waals surface area contributed by atoms with Crippen LogP contribution in [0.15, 0.2) is 28.7 Å². The van der Waals surface area contributed by atoms with E-state index in [1.165, 1.54) is 42.3 Å². The minimum Gasteiger partial charge on any atom is -0.310 e. The van der Waals surface area contributed by atoms with E-state index in [1.807, 2.05) is 0 Å². The van der Waals surface area contributed by atoms with Gasteiger partial charge in [0.15, 0.2) is 0 Å². The molecule has 0 aromatic heterocycles. The molecule has 0 spiro atoms. The van der Waals surface area contributed by atoms with Gasteiger partial charge in [-0.3, -0.25) is 0 Å². The van der Waals surface area contributed by atoms with Gasteiger partial charge in [-0.2, -0.15) is 0 Å². The molecule has 1 N–H and O–H groups in total. The Morgan fingerprint density at radius 1 is 1.31 bits per heavy atom. The summed E-state index contributed by atoms with van der Waals surface area (Å²) in [7, 11) is 0. The number of hydrogen-bond donors (Lipinski definition) is 1. The Morgan fingerprint density at radius 2 is 2.00 bits per heavy atom. The van der Waals surface area contributed by atoms with Crippen molar-refractivity contribution in [3.8, 4) is 0 Å². The van der Waals surface area contributed by atoms with Gasteiger partial charge >= 0.3 is 0 Å².